The fourth-order valence-corrected chi connectivity index (χ4v) is 3.86. The number of esters is 1. The van der Waals surface area contributed by atoms with Crippen LogP contribution < -0.4 is 5.32 Å². The maximum Gasteiger partial charge on any atom is 0.407 e. The van der Waals surface area contributed by atoms with Gasteiger partial charge in [-0.2, -0.15) is 0 Å². The number of carbonyl (C=O) groups excluding carboxylic acids is 2. The number of alkyl carbamates (subject to hydrolysis) is 1. The average Bonchev–Trinajstić information content (AvgIpc) is 3.05. The first kappa shape index (κ1) is 22.8. The van der Waals surface area contributed by atoms with Gasteiger partial charge >= 0.3 is 12.1 Å². The van der Waals surface area contributed by atoms with E-state index in [4.69, 9.17) is 9.47 Å². The number of rotatable bonds is 9. The molecule has 2 aromatic carbocycles. The van der Waals surface area contributed by atoms with E-state index in [1.165, 1.54) is 11.1 Å². The fraction of sp³-hybridized carbons (Fsp3) is 0.440. The number of fused-ring (bicyclic) bond motifs is 3. The lowest BCUT2D eigenvalue weighted by molar-refractivity contribution is -0.870. The van der Waals surface area contributed by atoms with Crippen molar-refractivity contribution in [3.63, 3.8) is 0 Å². The Kier molecular flexibility index (Phi) is 7.33. The highest BCUT2D eigenvalue weighted by atomic mass is 16.6. The zero-order chi connectivity index (χ0) is 22.4. The number of unbranched alkanes of at least 4 members (excludes halogenated alkanes) is 1. The van der Waals surface area contributed by atoms with E-state index in [0.29, 0.717) is 6.61 Å². The van der Waals surface area contributed by atoms with Crippen molar-refractivity contribution < 1.29 is 23.5 Å². The third kappa shape index (κ3) is 6.07. The molecular weight excluding hydrogens is 392 g/mol. The highest BCUT2D eigenvalue weighted by Crippen LogP contribution is 2.44. The van der Waals surface area contributed by atoms with Crippen molar-refractivity contribution in [2.45, 2.75) is 31.7 Å². The van der Waals surface area contributed by atoms with Crippen molar-refractivity contribution in [3.8, 4) is 11.1 Å². The quantitative estimate of drug-likeness (QED) is 0.375. The highest BCUT2D eigenvalue weighted by Gasteiger charge is 2.29. The molecule has 6 nitrogen and oxygen atoms in total. The molecule has 0 saturated heterocycles. The van der Waals surface area contributed by atoms with Gasteiger partial charge in [-0.25, -0.2) is 9.59 Å². The number of benzene rings is 2. The molecule has 1 atom stereocenters. The Morgan fingerprint density at radius 3 is 2.10 bits per heavy atom. The van der Waals surface area contributed by atoms with Gasteiger partial charge in [-0.1, -0.05) is 48.5 Å². The number of ether oxygens (including phenoxy) is 2. The lowest BCUT2D eigenvalue weighted by Gasteiger charge is -2.23. The van der Waals surface area contributed by atoms with Crippen LogP contribution in [0.4, 0.5) is 4.79 Å². The van der Waals surface area contributed by atoms with Crippen LogP contribution in [0.5, 0.6) is 0 Å². The van der Waals surface area contributed by atoms with Crippen molar-refractivity contribution >= 4 is 12.1 Å². The van der Waals surface area contributed by atoms with Crippen LogP contribution in [-0.2, 0) is 14.3 Å². The van der Waals surface area contributed by atoms with Crippen LogP contribution in [0.15, 0.2) is 48.5 Å². The van der Waals surface area contributed by atoms with E-state index < -0.39 is 18.1 Å². The molecule has 0 aromatic heterocycles. The minimum absolute atomic E-state index is 0.0124. The fourth-order valence-electron chi connectivity index (χ4n) is 3.86. The minimum atomic E-state index is -0.756. The van der Waals surface area contributed by atoms with Gasteiger partial charge in [0.2, 0.25) is 0 Å². The molecule has 0 spiro atoms. The van der Waals surface area contributed by atoms with Gasteiger partial charge in [-0.15, -0.1) is 0 Å². The number of hydrogen-bond acceptors (Lipinski definition) is 4. The molecule has 0 heterocycles. The minimum Gasteiger partial charge on any atom is -0.464 e. The predicted octanol–water partition coefficient (Wildman–Crippen LogP) is 3.94. The second kappa shape index (κ2) is 9.96. The smallest absolute Gasteiger partial charge is 0.407 e. The van der Waals surface area contributed by atoms with E-state index >= 15 is 0 Å². The Balaban J connectivity index is 1.45. The van der Waals surface area contributed by atoms with E-state index in [0.717, 1.165) is 35.0 Å². The Hall–Kier alpha value is -2.86. The molecular formula is C25H33N2O4+. The summed E-state index contributed by atoms with van der Waals surface area (Å²) in [7, 11) is 6.39. The van der Waals surface area contributed by atoms with Crippen LogP contribution >= 0.6 is 0 Å². The van der Waals surface area contributed by atoms with Gasteiger partial charge < -0.3 is 19.3 Å². The van der Waals surface area contributed by atoms with Crippen molar-refractivity contribution in [1.82, 2.24) is 5.32 Å². The monoisotopic (exact) mass is 425 g/mol. The van der Waals surface area contributed by atoms with E-state index in [2.05, 4.69) is 50.7 Å². The largest absolute Gasteiger partial charge is 0.464 e. The summed E-state index contributed by atoms with van der Waals surface area (Å²) in [4.78, 5) is 24.4. The van der Waals surface area contributed by atoms with Gasteiger partial charge in [0.05, 0.1) is 34.3 Å². The third-order valence-electron chi connectivity index (χ3n) is 5.50. The lowest BCUT2D eigenvalue weighted by atomic mass is 9.98. The van der Waals surface area contributed by atoms with Gasteiger partial charge in [-0.05, 0) is 42.0 Å². The molecule has 0 bridgehead atoms. The van der Waals surface area contributed by atoms with Gasteiger partial charge in [0.15, 0.2) is 0 Å². The second-order valence-corrected chi connectivity index (χ2v) is 9.08. The van der Waals surface area contributed by atoms with Crippen LogP contribution in [0.25, 0.3) is 11.1 Å². The molecule has 2 aromatic rings. The summed E-state index contributed by atoms with van der Waals surface area (Å²) in [5, 5.41) is 2.58. The molecule has 31 heavy (non-hydrogen) atoms. The molecule has 0 fully saturated rings. The van der Waals surface area contributed by atoms with Crippen LogP contribution in [0, 0.1) is 0 Å². The maximum atomic E-state index is 12.3. The Labute approximate surface area is 184 Å². The summed E-state index contributed by atoms with van der Waals surface area (Å²) in [5.74, 6) is -0.458. The molecule has 1 amide bonds. The predicted molar refractivity (Wildman–Crippen MR) is 121 cm³/mol. The van der Waals surface area contributed by atoms with Gasteiger partial charge in [0, 0.05) is 5.92 Å². The van der Waals surface area contributed by atoms with E-state index in [-0.39, 0.29) is 12.5 Å². The molecule has 1 unspecified atom stereocenters. The zero-order valence-electron chi connectivity index (χ0n) is 18.9. The zero-order valence-corrected chi connectivity index (χ0v) is 18.9. The van der Waals surface area contributed by atoms with Crippen molar-refractivity contribution in [2.75, 3.05) is 40.9 Å². The summed E-state index contributed by atoms with van der Waals surface area (Å²) < 4.78 is 11.6. The summed E-state index contributed by atoms with van der Waals surface area (Å²) in [6.45, 7) is 3.20. The molecule has 0 saturated carbocycles. The van der Waals surface area contributed by atoms with Crippen molar-refractivity contribution in [2.24, 2.45) is 0 Å². The molecule has 6 heteroatoms. The first-order valence-electron chi connectivity index (χ1n) is 10.8. The molecule has 0 aliphatic heterocycles. The standard InChI is InChI=1S/C25H32N2O4/c1-18(24(28)30-16-10-9-15-27(2,3)4)26-25(29)31-17-23-21-13-7-5-11-19(21)20-12-6-8-14-22(20)23/h5-8,11-14,18,23H,9-10,15-17H2,1-4H3/p+1. The second-order valence-electron chi connectivity index (χ2n) is 9.08. The van der Waals surface area contributed by atoms with E-state index in [1.807, 2.05) is 24.3 Å². The summed E-state index contributed by atoms with van der Waals surface area (Å²) in [6.07, 6.45) is 1.17. The molecule has 166 valence electrons. The molecule has 1 aliphatic carbocycles. The number of quaternary nitrogens is 1. The van der Waals surface area contributed by atoms with Crippen LogP contribution in [0.2, 0.25) is 0 Å². The number of nitrogens with zero attached hydrogens (tertiary/aromatic N) is 1. The summed E-state index contributed by atoms with van der Waals surface area (Å²) in [5.41, 5.74) is 4.65. The molecule has 3 rings (SSSR count). The first-order valence-corrected chi connectivity index (χ1v) is 10.8. The van der Waals surface area contributed by atoms with Crippen molar-refractivity contribution in [1.29, 1.82) is 0 Å². The highest BCUT2D eigenvalue weighted by molar-refractivity contribution is 5.81. The average molecular weight is 426 g/mol. The van der Waals surface area contributed by atoms with E-state index in [1.54, 1.807) is 6.92 Å². The Bertz CT molecular complexity index is 874. The lowest BCUT2D eigenvalue weighted by Crippen LogP contribution is -2.40. The number of carbonyl (C=O) groups is 2. The molecule has 1 N–H and O–H groups in total. The summed E-state index contributed by atoms with van der Waals surface area (Å²) >= 11 is 0. The van der Waals surface area contributed by atoms with Crippen LogP contribution in [-0.4, -0.2) is 63.5 Å². The topological polar surface area (TPSA) is 64.6 Å². The SMILES string of the molecule is CC(NC(=O)OCC1c2ccccc2-c2ccccc21)C(=O)OCCCC[N+](C)(C)C. The molecule has 1 aliphatic rings. The normalized spacial score (nSPS) is 13.8. The first-order chi connectivity index (χ1) is 14.8. The van der Waals surface area contributed by atoms with Crippen molar-refractivity contribution in [3.05, 3.63) is 59.7 Å². The van der Waals surface area contributed by atoms with Gasteiger partial charge in [-0.3, -0.25) is 0 Å². The number of nitrogens with one attached hydrogen (secondary N) is 1. The van der Waals surface area contributed by atoms with Crippen LogP contribution in [0.3, 0.4) is 0 Å². The van der Waals surface area contributed by atoms with Gasteiger partial charge in [0.25, 0.3) is 0 Å². The third-order valence-corrected chi connectivity index (χ3v) is 5.50. The number of amides is 1. The Morgan fingerprint density at radius 1 is 0.935 bits per heavy atom. The van der Waals surface area contributed by atoms with Gasteiger partial charge in [0.1, 0.15) is 12.6 Å². The molecule has 0 radical (unpaired) electrons. The maximum absolute atomic E-state index is 12.3. The Morgan fingerprint density at radius 2 is 1.52 bits per heavy atom. The summed E-state index contributed by atoms with van der Waals surface area (Å²) in [6, 6.07) is 15.6. The van der Waals surface area contributed by atoms with E-state index in [9.17, 15) is 9.59 Å². The van der Waals surface area contributed by atoms with Crippen LogP contribution in [0.1, 0.15) is 36.8 Å². The number of hydrogen-bond donors (Lipinski definition) is 1.